The number of hydrogen-bond acceptors (Lipinski definition) is 5. The van der Waals surface area contributed by atoms with Crippen LogP contribution in [0.4, 0.5) is 0 Å². The van der Waals surface area contributed by atoms with Crippen molar-refractivity contribution in [3.8, 4) is 5.75 Å². The van der Waals surface area contributed by atoms with Crippen LogP contribution in [0.1, 0.15) is 31.4 Å². The summed E-state index contributed by atoms with van der Waals surface area (Å²) < 4.78 is 28.3. The monoisotopic (exact) mass is 299 g/mol. The average molecular weight is 299 g/mol. The molecule has 112 valence electrons. The van der Waals surface area contributed by atoms with Crippen LogP contribution < -0.4 is 4.74 Å². The maximum absolute atomic E-state index is 11.4. The fourth-order valence-electron chi connectivity index (χ4n) is 1.71. The summed E-state index contributed by atoms with van der Waals surface area (Å²) in [5, 5.41) is 12.0. The molecule has 1 aromatic rings. The van der Waals surface area contributed by atoms with Crippen molar-refractivity contribution in [2.24, 2.45) is 5.16 Å². The van der Waals surface area contributed by atoms with Gasteiger partial charge in [-0.25, -0.2) is 8.42 Å². The molecular weight excluding hydrogens is 278 g/mol. The minimum absolute atomic E-state index is 0.123. The molecule has 0 aliphatic rings. The molecule has 0 aliphatic carbocycles. The summed E-state index contributed by atoms with van der Waals surface area (Å²) in [7, 11) is -2.96. The highest BCUT2D eigenvalue weighted by Gasteiger charge is 2.10. The van der Waals surface area contributed by atoms with Gasteiger partial charge in [0, 0.05) is 11.3 Å². The fourth-order valence-corrected chi connectivity index (χ4v) is 2.56. The molecule has 0 unspecified atom stereocenters. The van der Waals surface area contributed by atoms with E-state index >= 15 is 0 Å². The summed E-state index contributed by atoms with van der Waals surface area (Å²) >= 11 is 0. The van der Waals surface area contributed by atoms with Gasteiger partial charge in [-0.3, -0.25) is 0 Å². The predicted octanol–water partition coefficient (Wildman–Crippen LogP) is 2.40. The zero-order chi connectivity index (χ0) is 15.2. The standard InChI is InChI=1S/C14H21NO4S/c1-4-20(17,18)9-5-8-19-14-7-6-11(2)10-13(14)12(3)15-16/h6-7,10,16H,4-5,8-9H2,1-3H3. The van der Waals surface area contributed by atoms with Gasteiger partial charge in [-0.1, -0.05) is 23.7 Å². The van der Waals surface area contributed by atoms with Crippen molar-refractivity contribution in [2.75, 3.05) is 18.1 Å². The molecule has 0 aliphatic heterocycles. The molecule has 0 amide bonds. The first kappa shape index (κ1) is 16.5. The second-order valence-electron chi connectivity index (χ2n) is 4.62. The van der Waals surface area contributed by atoms with Gasteiger partial charge in [0.25, 0.3) is 0 Å². The van der Waals surface area contributed by atoms with Gasteiger partial charge in [-0.15, -0.1) is 0 Å². The highest BCUT2D eigenvalue weighted by atomic mass is 32.2. The summed E-state index contributed by atoms with van der Waals surface area (Å²) in [4.78, 5) is 0. The normalized spacial score (nSPS) is 12.4. The predicted molar refractivity (Wildman–Crippen MR) is 79.6 cm³/mol. The topological polar surface area (TPSA) is 76.0 Å². The smallest absolute Gasteiger partial charge is 0.150 e. The number of rotatable bonds is 7. The third-order valence-corrected chi connectivity index (χ3v) is 4.76. The molecule has 0 atom stereocenters. The zero-order valence-corrected chi connectivity index (χ0v) is 12.9. The molecule has 6 heteroatoms. The first-order valence-corrected chi connectivity index (χ1v) is 8.34. The van der Waals surface area contributed by atoms with Gasteiger partial charge < -0.3 is 9.94 Å². The SMILES string of the molecule is CCS(=O)(=O)CCCOc1ccc(C)cc1C(C)=NO. The van der Waals surface area contributed by atoms with Crippen LogP contribution in [0, 0.1) is 6.92 Å². The van der Waals surface area contributed by atoms with Gasteiger partial charge in [0.15, 0.2) is 0 Å². The van der Waals surface area contributed by atoms with Crippen molar-refractivity contribution >= 4 is 15.5 Å². The molecule has 0 fully saturated rings. The summed E-state index contributed by atoms with van der Waals surface area (Å²) in [6, 6.07) is 5.56. The Hall–Kier alpha value is -1.56. The minimum atomic E-state index is -2.96. The molecule has 1 aromatic carbocycles. The lowest BCUT2D eigenvalue weighted by molar-refractivity contribution is 0.312. The second kappa shape index (κ2) is 7.28. The largest absolute Gasteiger partial charge is 0.493 e. The van der Waals surface area contributed by atoms with E-state index in [1.807, 2.05) is 19.1 Å². The molecule has 0 radical (unpaired) electrons. The van der Waals surface area contributed by atoms with Crippen LogP contribution in [0.3, 0.4) is 0 Å². The van der Waals surface area contributed by atoms with Crippen LogP contribution in [0.5, 0.6) is 5.75 Å². The quantitative estimate of drug-likeness (QED) is 0.363. The minimum Gasteiger partial charge on any atom is -0.493 e. The summed E-state index contributed by atoms with van der Waals surface area (Å²) in [5.41, 5.74) is 2.21. The van der Waals surface area contributed by atoms with E-state index in [0.29, 0.717) is 30.1 Å². The third kappa shape index (κ3) is 4.85. The Morgan fingerprint density at radius 2 is 2.10 bits per heavy atom. The van der Waals surface area contributed by atoms with Gasteiger partial charge in [0.1, 0.15) is 15.6 Å². The summed E-state index contributed by atoms with van der Waals surface area (Å²) in [6.45, 7) is 5.57. The Labute approximate surface area is 120 Å². The van der Waals surface area contributed by atoms with Crippen molar-refractivity contribution in [1.82, 2.24) is 0 Å². The van der Waals surface area contributed by atoms with Crippen LogP contribution in [0.2, 0.25) is 0 Å². The summed E-state index contributed by atoms with van der Waals surface area (Å²) in [5.74, 6) is 0.872. The molecule has 1 rings (SSSR count). The molecule has 1 N–H and O–H groups in total. The maximum Gasteiger partial charge on any atom is 0.150 e. The number of oxime groups is 1. The average Bonchev–Trinajstić information content (AvgIpc) is 2.44. The van der Waals surface area contributed by atoms with E-state index in [0.717, 1.165) is 5.56 Å². The number of ether oxygens (including phenoxy) is 1. The Morgan fingerprint density at radius 1 is 1.40 bits per heavy atom. The van der Waals surface area contributed by atoms with Crippen LogP contribution in [0.25, 0.3) is 0 Å². The Balaban J connectivity index is 2.69. The highest BCUT2D eigenvalue weighted by Crippen LogP contribution is 2.21. The van der Waals surface area contributed by atoms with Gasteiger partial charge >= 0.3 is 0 Å². The molecular formula is C14H21NO4S. The fraction of sp³-hybridized carbons (Fsp3) is 0.500. The van der Waals surface area contributed by atoms with Crippen LogP contribution in [0.15, 0.2) is 23.4 Å². The molecule has 0 saturated carbocycles. The molecule has 0 saturated heterocycles. The number of nitrogens with zero attached hydrogens (tertiary/aromatic N) is 1. The van der Waals surface area contributed by atoms with Crippen LogP contribution in [-0.4, -0.2) is 37.4 Å². The number of aryl methyl sites for hydroxylation is 1. The van der Waals surface area contributed by atoms with Gasteiger partial charge in [-0.2, -0.15) is 0 Å². The van der Waals surface area contributed by atoms with E-state index < -0.39 is 9.84 Å². The van der Waals surface area contributed by atoms with Crippen molar-refractivity contribution in [2.45, 2.75) is 27.2 Å². The third-order valence-electron chi connectivity index (χ3n) is 2.97. The molecule has 0 aromatic heterocycles. The van der Waals surface area contributed by atoms with Crippen LogP contribution >= 0.6 is 0 Å². The molecule has 0 bridgehead atoms. The lowest BCUT2D eigenvalue weighted by Gasteiger charge is -2.11. The van der Waals surface area contributed by atoms with Crippen molar-refractivity contribution in [3.63, 3.8) is 0 Å². The first-order chi connectivity index (χ1) is 9.39. The van der Waals surface area contributed by atoms with Crippen molar-refractivity contribution in [3.05, 3.63) is 29.3 Å². The molecule has 0 heterocycles. The Morgan fingerprint density at radius 3 is 2.70 bits per heavy atom. The number of sulfone groups is 1. The number of hydrogen-bond donors (Lipinski definition) is 1. The lowest BCUT2D eigenvalue weighted by Crippen LogP contribution is -2.12. The summed E-state index contributed by atoms with van der Waals surface area (Å²) in [6.07, 6.45) is 0.443. The molecule has 5 nitrogen and oxygen atoms in total. The van der Waals surface area contributed by atoms with E-state index in [9.17, 15) is 8.42 Å². The van der Waals surface area contributed by atoms with Gasteiger partial charge in [0.05, 0.1) is 18.1 Å². The van der Waals surface area contributed by atoms with Gasteiger partial charge in [0.2, 0.25) is 0 Å². The zero-order valence-electron chi connectivity index (χ0n) is 12.1. The number of benzene rings is 1. The van der Waals surface area contributed by atoms with E-state index in [2.05, 4.69) is 5.16 Å². The van der Waals surface area contributed by atoms with Gasteiger partial charge in [-0.05, 0) is 32.4 Å². The van der Waals surface area contributed by atoms with Crippen molar-refractivity contribution in [1.29, 1.82) is 0 Å². The Bertz CT molecular complexity index is 579. The second-order valence-corrected chi connectivity index (χ2v) is 7.10. The highest BCUT2D eigenvalue weighted by molar-refractivity contribution is 7.91. The van der Waals surface area contributed by atoms with E-state index in [4.69, 9.17) is 9.94 Å². The first-order valence-electron chi connectivity index (χ1n) is 6.52. The molecule has 20 heavy (non-hydrogen) atoms. The molecule has 0 spiro atoms. The maximum atomic E-state index is 11.4. The van der Waals surface area contributed by atoms with E-state index in [1.54, 1.807) is 19.9 Å². The van der Waals surface area contributed by atoms with E-state index in [1.165, 1.54) is 0 Å². The van der Waals surface area contributed by atoms with Crippen LogP contribution in [-0.2, 0) is 9.84 Å². The Kier molecular flexibility index (Phi) is 6.01. The lowest BCUT2D eigenvalue weighted by atomic mass is 10.1. The van der Waals surface area contributed by atoms with E-state index in [-0.39, 0.29) is 11.5 Å². The van der Waals surface area contributed by atoms with Crippen molar-refractivity contribution < 1.29 is 18.4 Å².